The first-order chi connectivity index (χ1) is 8.40. The molecule has 1 nitrogen and oxygen atoms in total. The van der Waals surface area contributed by atoms with Crippen molar-refractivity contribution in [2.45, 2.75) is 64.3 Å². The average molecular weight is 255 g/mol. The second kappa shape index (κ2) is 7.68. The summed E-state index contributed by atoms with van der Waals surface area (Å²) in [6, 6.07) is 0.817. The van der Waals surface area contributed by atoms with E-state index < -0.39 is 0 Å². The Balaban J connectivity index is 1.72. The van der Waals surface area contributed by atoms with Crippen LogP contribution in [0, 0.1) is 11.8 Å². The van der Waals surface area contributed by atoms with Gasteiger partial charge in [0.05, 0.1) is 0 Å². The molecule has 0 aromatic heterocycles. The van der Waals surface area contributed by atoms with Gasteiger partial charge in [0, 0.05) is 6.04 Å². The van der Waals surface area contributed by atoms with Crippen LogP contribution in [0.1, 0.15) is 58.3 Å². The molecule has 0 bridgehead atoms. The van der Waals surface area contributed by atoms with Crippen molar-refractivity contribution in [1.29, 1.82) is 0 Å². The monoisotopic (exact) mass is 255 g/mol. The summed E-state index contributed by atoms with van der Waals surface area (Å²) in [7, 11) is 0. The van der Waals surface area contributed by atoms with Crippen molar-refractivity contribution in [3.05, 3.63) is 0 Å². The quantitative estimate of drug-likeness (QED) is 0.767. The molecule has 2 fully saturated rings. The van der Waals surface area contributed by atoms with Gasteiger partial charge in [-0.2, -0.15) is 11.8 Å². The fourth-order valence-corrected chi connectivity index (χ4v) is 4.87. The minimum Gasteiger partial charge on any atom is -0.314 e. The standard InChI is InChI=1S/C15H29NS/c1-2-16-15(14-10-11-17-12-14)9-8-13-6-4-3-5-7-13/h13-16H,2-12H2,1H3. The van der Waals surface area contributed by atoms with Gasteiger partial charge < -0.3 is 5.32 Å². The summed E-state index contributed by atoms with van der Waals surface area (Å²) in [6.07, 6.45) is 11.9. The molecule has 1 N–H and O–H groups in total. The van der Waals surface area contributed by atoms with Gasteiger partial charge in [0.1, 0.15) is 0 Å². The Hall–Kier alpha value is 0.310. The lowest BCUT2D eigenvalue weighted by Gasteiger charge is -2.27. The Labute approximate surface area is 112 Å². The first kappa shape index (κ1) is 13.7. The van der Waals surface area contributed by atoms with Crippen LogP contribution in [0.25, 0.3) is 0 Å². The Morgan fingerprint density at radius 3 is 2.65 bits per heavy atom. The molecule has 2 heteroatoms. The van der Waals surface area contributed by atoms with Crippen LogP contribution in [0.15, 0.2) is 0 Å². The van der Waals surface area contributed by atoms with Crippen molar-refractivity contribution < 1.29 is 0 Å². The molecule has 1 saturated heterocycles. The predicted octanol–water partition coefficient (Wildman–Crippen LogP) is 4.08. The van der Waals surface area contributed by atoms with Gasteiger partial charge in [0.15, 0.2) is 0 Å². The van der Waals surface area contributed by atoms with Crippen LogP contribution in [-0.4, -0.2) is 24.1 Å². The summed E-state index contributed by atoms with van der Waals surface area (Å²) in [5.41, 5.74) is 0. The van der Waals surface area contributed by atoms with Crippen molar-refractivity contribution in [3.63, 3.8) is 0 Å². The fraction of sp³-hybridized carbons (Fsp3) is 1.00. The van der Waals surface area contributed by atoms with Crippen LogP contribution >= 0.6 is 11.8 Å². The second-order valence-corrected chi connectivity index (χ2v) is 7.02. The van der Waals surface area contributed by atoms with Crippen LogP contribution in [0.2, 0.25) is 0 Å². The summed E-state index contributed by atoms with van der Waals surface area (Å²) in [5.74, 6) is 4.82. The lowest BCUT2D eigenvalue weighted by atomic mass is 9.83. The van der Waals surface area contributed by atoms with Crippen LogP contribution in [-0.2, 0) is 0 Å². The van der Waals surface area contributed by atoms with Gasteiger partial charge in [0.25, 0.3) is 0 Å². The first-order valence-corrected chi connectivity index (χ1v) is 8.86. The molecule has 2 rings (SSSR count). The Kier molecular flexibility index (Phi) is 6.21. The van der Waals surface area contributed by atoms with E-state index in [9.17, 15) is 0 Å². The van der Waals surface area contributed by atoms with E-state index in [-0.39, 0.29) is 0 Å². The van der Waals surface area contributed by atoms with E-state index >= 15 is 0 Å². The van der Waals surface area contributed by atoms with Gasteiger partial charge >= 0.3 is 0 Å². The Morgan fingerprint density at radius 2 is 2.00 bits per heavy atom. The van der Waals surface area contributed by atoms with E-state index in [1.165, 1.54) is 62.9 Å². The van der Waals surface area contributed by atoms with Crippen molar-refractivity contribution in [2.24, 2.45) is 11.8 Å². The third-order valence-electron chi connectivity index (χ3n) is 4.61. The van der Waals surface area contributed by atoms with Crippen molar-refractivity contribution in [2.75, 3.05) is 18.1 Å². The topological polar surface area (TPSA) is 12.0 Å². The van der Waals surface area contributed by atoms with Gasteiger partial charge in [-0.25, -0.2) is 0 Å². The molecule has 1 heterocycles. The lowest BCUT2D eigenvalue weighted by Crippen LogP contribution is -2.36. The highest BCUT2D eigenvalue weighted by Gasteiger charge is 2.25. The maximum absolute atomic E-state index is 3.75. The van der Waals surface area contributed by atoms with Crippen LogP contribution in [0.3, 0.4) is 0 Å². The summed E-state index contributed by atoms with van der Waals surface area (Å²) in [5, 5.41) is 3.75. The molecule has 0 aromatic rings. The SMILES string of the molecule is CCNC(CCC1CCCCC1)C1CCSC1. The third kappa shape index (κ3) is 4.48. The molecule has 1 aliphatic heterocycles. The maximum Gasteiger partial charge on any atom is 0.0103 e. The Bertz CT molecular complexity index is 195. The van der Waals surface area contributed by atoms with E-state index in [2.05, 4.69) is 24.0 Å². The molecular formula is C15H29NS. The first-order valence-electron chi connectivity index (χ1n) is 7.71. The van der Waals surface area contributed by atoms with E-state index in [1.54, 1.807) is 0 Å². The molecule has 100 valence electrons. The largest absolute Gasteiger partial charge is 0.314 e. The van der Waals surface area contributed by atoms with Crippen molar-refractivity contribution >= 4 is 11.8 Å². The second-order valence-electron chi connectivity index (χ2n) is 5.87. The zero-order valence-electron chi connectivity index (χ0n) is 11.4. The fourth-order valence-electron chi connectivity index (χ4n) is 3.53. The van der Waals surface area contributed by atoms with Gasteiger partial charge in [-0.1, -0.05) is 39.0 Å². The highest BCUT2D eigenvalue weighted by molar-refractivity contribution is 7.99. The van der Waals surface area contributed by atoms with Gasteiger partial charge in [-0.15, -0.1) is 0 Å². The number of hydrogen-bond donors (Lipinski definition) is 1. The third-order valence-corrected chi connectivity index (χ3v) is 5.80. The van der Waals surface area contributed by atoms with E-state index in [1.807, 2.05) is 0 Å². The highest BCUT2D eigenvalue weighted by Crippen LogP contribution is 2.32. The smallest absolute Gasteiger partial charge is 0.0103 e. The molecule has 0 spiro atoms. The van der Waals surface area contributed by atoms with Crippen LogP contribution in [0.5, 0.6) is 0 Å². The molecule has 0 aromatic carbocycles. The normalized spacial score (nSPS) is 28.4. The molecule has 2 unspecified atom stereocenters. The van der Waals surface area contributed by atoms with E-state index in [0.717, 1.165) is 24.4 Å². The Morgan fingerprint density at radius 1 is 1.18 bits per heavy atom. The number of rotatable bonds is 6. The highest BCUT2D eigenvalue weighted by atomic mass is 32.2. The number of nitrogens with one attached hydrogen (secondary N) is 1. The molecule has 2 aliphatic rings. The molecule has 0 radical (unpaired) electrons. The number of thioether (sulfide) groups is 1. The van der Waals surface area contributed by atoms with Crippen molar-refractivity contribution in [3.8, 4) is 0 Å². The summed E-state index contributed by atoms with van der Waals surface area (Å²) >= 11 is 2.16. The van der Waals surface area contributed by atoms with Crippen molar-refractivity contribution in [1.82, 2.24) is 5.32 Å². The number of hydrogen-bond acceptors (Lipinski definition) is 2. The summed E-state index contributed by atoms with van der Waals surface area (Å²) in [6.45, 7) is 3.41. The summed E-state index contributed by atoms with van der Waals surface area (Å²) < 4.78 is 0. The van der Waals surface area contributed by atoms with Gasteiger partial charge in [0.2, 0.25) is 0 Å². The average Bonchev–Trinajstić information content (AvgIpc) is 2.89. The van der Waals surface area contributed by atoms with E-state index in [4.69, 9.17) is 0 Å². The van der Waals surface area contributed by atoms with Crippen LogP contribution in [0.4, 0.5) is 0 Å². The molecule has 0 amide bonds. The van der Waals surface area contributed by atoms with E-state index in [0.29, 0.717) is 0 Å². The minimum atomic E-state index is 0.817. The van der Waals surface area contributed by atoms with Gasteiger partial charge in [-0.3, -0.25) is 0 Å². The van der Waals surface area contributed by atoms with Crippen LogP contribution < -0.4 is 5.32 Å². The predicted molar refractivity (Wildman–Crippen MR) is 78.7 cm³/mol. The van der Waals surface area contributed by atoms with Gasteiger partial charge in [-0.05, 0) is 49.1 Å². The lowest BCUT2D eigenvalue weighted by molar-refractivity contribution is 0.287. The zero-order chi connectivity index (χ0) is 11.9. The molecule has 2 atom stereocenters. The molecule has 1 saturated carbocycles. The molecule has 1 aliphatic carbocycles. The minimum absolute atomic E-state index is 0.817. The summed E-state index contributed by atoms with van der Waals surface area (Å²) in [4.78, 5) is 0. The maximum atomic E-state index is 3.75. The zero-order valence-corrected chi connectivity index (χ0v) is 12.2. The molecule has 17 heavy (non-hydrogen) atoms. The molecular weight excluding hydrogens is 226 g/mol.